The molecule has 0 aromatic heterocycles. The van der Waals surface area contributed by atoms with Gasteiger partial charge in [0.25, 0.3) is 0 Å². The Labute approximate surface area is 78.2 Å². The third kappa shape index (κ3) is 5.11. The molecule has 0 radical (unpaired) electrons. The zero-order chi connectivity index (χ0) is 8.85. The van der Waals surface area contributed by atoms with Crippen molar-refractivity contribution < 1.29 is 0 Å². The standard InChI is InChI=1S/C9H12Cl2/c1-4-5-7(2)6-9(11)8(3)10/h5-6H,3-4H2,1-2H3. The molecular weight excluding hydrogens is 179 g/mol. The second-order valence-electron chi connectivity index (χ2n) is 2.25. The second-order valence-corrected chi connectivity index (χ2v) is 3.12. The molecule has 0 bridgehead atoms. The highest BCUT2D eigenvalue weighted by Crippen LogP contribution is 2.18. The third-order valence-corrected chi connectivity index (χ3v) is 1.78. The summed E-state index contributed by atoms with van der Waals surface area (Å²) in [5.41, 5.74) is 1.11. The molecule has 0 aromatic rings. The lowest BCUT2D eigenvalue weighted by Crippen LogP contribution is -1.73. The van der Waals surface area contributed by atoms with Crippen molar-refractivity contribution >= 4 is 23.2 Å². The van der Waals surface area contributed by atoms with Crippen LogP contribution >= 0.6 is 23.2 Å². The minimum absolute atomic E-state index is 0.385. The molecule has 0 saturated carbocycles. The largest absolute Gasteiger partial charge is 0.0834 e. The molecule has 11 heavy (non-hydrogen) atoms. The molecule has 0 aromatic carbocycles. The summed E-state index contributed by atoms with van der Waals surface area (Å²) in [7, 11) is 0. The average molecular weight is 191 g/mol. The van der Waals surface area contributed by atoms with Crippen LogP contribution in [-0.2, 0) is 0 Å². The van der Waals surface area contributed by atoms with E-state index < -0.39 is 0 Å². The molecule has 62 valence electrons. The minimum Gasteiger partial charge on any atom is -0.0834 e. The van der Waals surface area contributed by atoms with Gasteiger partial charge in [-0.1, -0.05) is 48.4 Å². The van der Waals surface area contributed by atoms with Gasteiger partial charge in [-0.2, -0.15) is 0 Å². The number of hydrogen-bond acceptors (Lipinski definition) is 0. The molecule has 0 rings (SSSR count). The van der Waals surface area contributed by atoms with E-state index in [9.17, 15) is 0 Å². The van der Waals surface area contributed by atoms with Crippen molar-refractivity contribution in [3.63, 3.8) is 0 Å². The van der Waals surface area contributed by atoms with Crippen molar-refractivity contribution in [2.75, 3.05) is 0 Å². The highest BCUT2D eigenvalue weighted by Gasteiger charge is 1.93. The molecule has 0 atom stereocenters. The summed E-state index contributed by atoms with van der Waals surface area (Å²) in [5, 5.41) is 0.893. The second kappa shape index (κ2) is 5.45. The molecule has 2 heteroatoms. The van der Waals surface area contributed by atoms with Crippen LogP contribution in [0.5, 0.6) is 0 Å². The number of allylic oxidation sites excluding steroid dienone is 5. The van der Waals surface area contributed by atoms with Crippen LogP contribution < -0.4 is 0 Å². The number of hydrogen-bond donors (Lipinski definition) is 0. The molecule has 0 heterocycles. The fourth-order valence-corrected chi connectivity index (χ4v) is 0.886. The Hall–Kier alpha value is -0.200. The van der Waals surface area contributed by atoms with Gasteiger partial charge in [-0.25, -0.2) is 0 Å². The van der Waals surface area contributed by atoms with Crippen LogP contribution in [0.15, 0.2) is 34.4 Å². The summed E-state index contributed by atoms with van der Waals surface area (Å²) in [6, 6.07) is 0. The van der Waals surface area contributed by atoms with Crippen LogP contribution in [0.25, 0.3) is 0 Å². The smallest absolute Gasteiger partial charge is 0.0588 e. The highest BCUT2D eigenvalue weighted by molar-refractivity contribution is 6.43. The quantitative estimate of drug-likeness (QED) is 0.586. The van der Waals surface area contributed by atoms with Crippen LogP contribution in [0.1, 0.15) is 20.3 Å². The van der Waals surface area contributed by atoms with Gasteiger partial charge in [-0.05, 0) is 19.4 Å². The summed E-state index contributed by atoms with van der Waals surface area (Å²) in [6.45, 7) is 7.55. The average Bonchev–Trinajstić information content (AvgIpc) is 1.87. The van der Waals surface area contributed by atoms with Gasteiger partial charge < -0.3 is 0 Å². The molecular formula is C9H12Cl2. The number of rotatable bonds is 3. The topological polar surface area (TPSA) is 0 Å². The van der Waals surface area contributed by atoms with Gasteiger partial charge in [0.05, 0.1) is 10.1 Å². The van der Waals surface area contributed by atoms with Crippen LogP contribution in [0, 0.1) is 0 Å². The van der Waals surface area contributed by atoms with E-state index >= 15 is 0 Å². The molecule has 0 saturated heterocycles. The maximum atomic E-state index is 5.74. The first-order valence-corrected chi connectivity index (χ1v) is 4.22. The zero-order valence-electron chi connectivity index (χ0n) is 6.82. The van der Waals surface area contributed by atoms with E-state index in [-0.39, 0.29) is 0 Å². The van der Waals surface area contributed by atoms with Crippen molar-refractivity contribution in [2.45, 2.75) is 20.3 Å². The van der Waals surface area contributed by atoms with Gasteiger partial charge in [0.1, 0.15) is 0 Å². The van der Waals surface area contributed by atoms with Gasteiger partial charge in [0, 0.05) is 0 Å². The minimum atomic E-state index is 0.385. The molecule has 0 aliphatic heterocycles. The Balaban J connectivity index is 4.30. The van der Waals surface area contributed by atoms with Crippen LogP contribution in [0.3, 0.4) is 0 Å². The van der Waals surface area contributed by atoms with Gasteiger partial charge in [0.15, 0.2) is 0 Å². The fourth-order valence-electron chi connectivity index (χ4n) is 0.659. The molecule has 0 N–H and O–H groups in total. The van der Waals surface area contributed by atoms with Gasteiger partial charge in [-0.15, -0.1) is 0 Å². The van der Waals surface area contributed by atoms with Crippen LogP contribution in [0.4, 0.5) is 0 Å². The molecule has 0 nitrogen and oxygen atoms in total. The summed E-state index contributed by atoms with van der Waals surface area (Å²) >= 11 is 11.3. The van der Waals surface area contributed by atoms with E-state index in [1.54, 1.807) is 6.08 Å². The van der Waals surface area contributed by atoms with E-state index in [0.717, 1.165) is 12.0 Å². The Morgan fingerprint density at radius 3 is 2.36 bits per heavy atom. The Kier molecular flexibility index (Phi) is 5.35. The lowest BCUT2D eigenvalue weighted by molar-refractivity contribution is 1.20. The first-order chi connectivity index (χ1) is 5.07. The predicted octanol–water partition coefficient (Wildman–Crippen LogP) is 4.22. The fraction of sp³-hybridized carbons (Fsp3) is 0.333. The van der Waals surface area contributed by atoms with Crippen LogP contribution in [-0.4, -0.2) is 0 Å². The molecule has 0 aliphatic rings. The maximum absolute atomic E-state index is 5.74. The third-order valence-electron chi connectivity index (χ3n) is 1.14. The Morgan fingerprint density at radius 2 is 2.00 bits per heavy atom. The van der Waals surface area contributed by atoms with E-state index in [2.05, 4.69) is 19.6 Å². The lowest BCUT2D eigenvalue weighted by Gasteiger charge is -1.94. The van der Waals surface area contributed by atoms with Gasteiger partial charge >= 0.3 is 0 Å². The zero-order valence-corrected chi connectivity index (χ0v) is 8.34. The van der Waals surface area contributed by atoms with Crippen molar-refractivity contribution in [1.29, 1.82) is 0 Å². The summed E-state index contributed by atoms with van der Waals surface area (Å²) in [4.78, 5) is 0. The summed E-state index contributed by atoms with van der Waals surface area (Å²) in [6.07, 6.45) is 4.88. The van der Waals surface area contributed by atoms with Crippen molar-refractivity contribution in [1.82, 2.24) is 0 Å². The molecule has 0 amide bonds. The van der Waals surface area contributed by atoms with Crippen LogP contribution in [0.2, 0.25) is 0 Å². The number of halogens is 2. The highest BCUT2D eigenvalue weighted by atomic mass is 35.5. The monoisotopic (exact) mass is 190 g/mol. The van der Waals surface area contributed by atoms with E-state index in [4.69, 9.17) is 23.2 Å². The molecule has 0 spiro atoms. The summed E-state index contributed by atoms with van der Waals surface area (Å²) in [5.74, 6) is 0. The Bertz CT molecular complexity index is 200. The van der Waals surface area contributed by atoms with Crippen molar-refractivity contribution in [3.05, 3.63) is 34.4 Å². The molecule has 0 fully saturated rings. The molecule has 0 unspecified atom stereocenters. The normalized spacial score (nSPS) is 13.5. The lowest BCUT2D eigenvalue weighted by atomic mass is 10.2. The predicted molar refractivity (Wildman–Crippen MR) is 53.0 cm³/mol. The van der Waals surface area contributed by atoms with Crippen molar-refractivity contribution in [3.8, 4) is 0 Å². The SMILES string of the molecule is C=C(Cl)C(Cl)=CC(C)=CCC. The van der Waals surface area contributed by atoms with Crippen molar-refractivity contribution in [2.24, 2.45) is 0 Å². The van der Waals surface area contributed by atoms with E-state index in [1.807, 2.05) is 6.92 Å². The first-order valence-electron chi connectivity index (χ1n) is 3.46. The van der Waals surface area contributed by atoms with Gasteiger partial charge in [0.2, 0.25) is 0 Å². The Morgan fingerprint density at radius 1 is 1.45 bits per heavy atom. The molecule has 0 aliphatic carbocycles. The summed E-state index contributed by atoms with van der Waals surface area (Å²) < 4.78 is 0. The van der Waals surface area contributed by atoms with Gasteiger partial charge in [-0.3, -0.25) is 0 Å². The first kappa shape index (κ1) is 10.8. The van der Waals surface area contributed by atoms with E-state index in [1.165, 1.54) is 0 Å². The van der Waals surface area contributed by atoms with E-state index in [0.29, 0.717) is 10.1 Å². The maximum Gasteiger partial charge on any atom is 0.0588 e.